The molecule has 0 saturated heterocycles. The van der Waals surface area contributed by atoms with Crippen LogP contribution in [0.2, 0.25) is 0 Å². The number of para-hydroxylation sites is 2. The molecule has 3 aromatic carbocycles. The van der Waals surface area contributed by atoms with E-state index < -0.39 is 0 Å². The van der Waals surface area contributed by atoms with Crippen LogP contribution in [-0.2, 0) is 19.4 Å². The van der Waals surface area contributed by atoms with Crippen LogP contribution >= 0.6 is 0 Å². The third kappa shape index (κ3) is 4.66. The first-order valence-corrected chi connectivity index (χ1v) is 10.7. The molecule has 4 rings (SSSR count). The van der Waals surface area contributed by atoms with Crippen LogP contribution in [0.15, 0.2) is 66.7 Å². The lowest BCUT2D eigenvalue weighted by Gasteiger charge is -2.09. The van der Waals surface area contributed by atoms with Gasteiger partial charge >= 0.3 is 0 Å². The molecule has 0 radical (unpaired) electrons. The summed E-state index contributed by atoms with van der Waals surface area (Å²) in [7, 11) is 0. The Morgan fingerprint density at radius 3 is 2.55 bits per heavy atom. The Hall–Kier alpha value is -3.47. The van der Waals surface area contributed by atoms with Crippen molar-refractivity contribution >= 4 is 22.6 Å². The SMILES string of the molecule is CCCn1c(CCc2ccc(NC(=O)c3ccc(C)c(F)c3)cc2)nc2ccccc21. The second-order valence-corrected chi connectivity index (χ2v) is 7.78. The molecule has 5 heteroatoms. The molecule has 4 aromatic rings. The standard InChI is InChI=1S/C26H26FN3O/c1-3-16-30-24-7-5-4-6-23(24)29-25(30)15-11-19-9-13-21(14-10-19)28-26(31)20-12-8-18(2)22(27)17-20/h4-10,12-14,17H,3,11,15-16H2,1-2H3,(H,28,31). The minimum atomic E-state index is -0.378. The number of amides is 1. The van der Waals surface area contributed by atoms with E-state index in [1.165, 1.54) is 17.1 Å². The summed E-state index contributed by atoms with van der Waals surface area (Å²) < 4.78 is 16.0. The van der Waals surface area contributed by atoms with Crippen LogP contribution in [0, 0.1) is 12.7 Å². The molecule has 0 bridgehead atoms. The number of aryl methyl sites for hydroxylation is 4. The Balaban J connectivity index is 1.42. The van der Waals surface area contributed by atoms with Gasteiger partial charge in [-0.25, -0.2) is 9.37 Å². The lowest BCUT2D eigenvalue weighted by atomic mass is 10.1. The van der Waals surface area contributed by atoms with Gasteiger partial charge in [0.25, 0.3) is 5.91 Å². The summed E-state index contributed by atoms with van der Waals surface area (Å²) in [6.45, 7) is 4.81. The maximum Gasteiger partial charge on any atom is 0.255 e. The van der Waals surface area contributed by atoms with Gasteiger partial charge in [0, 0.05) is 24.2 Å². The molecule has 1 amide bonds. The van der Waals surface area contributed by atoms with E-state index in [1.807, 2.05) is 30.3 Å². The highest BCUT2D eigenvalue weighted by molar-refractivity contribution is 6.04. The Labute approximate surface area is 181 Å². The molecule has 0 aliphatic rings. The largest absolute Gasteiger partial charge is 0.328 e. The van der Waals surface area contributed by atoms with Gasteiger partial charge in [-0.05, 0) is 67.3 Å². The predicted octanol–water partition coefficient (Wildman–Crippen LogP) is 5.93. The number of imidazole rings is 1. The number of aromatic nitrogens is 2. The van der Waals surface area contributed by atoms with Crippen LogP contribution in [0.5, 0.6) is 0 Å². The first-order chi connectivity index (χ1) is 15.0. The highest BCUT2D eigenvalue weighted by Crippen LogP contribution is 2.19. The van der Waals surface area contributed by atoms with Crippen LogP contribution in [0.3, 0.4) is 0 Å². The van der Waals surface area contributed by atoms with Crippen LogP contribution in [0.4, 0.5) is 10.1 Å². The molecule has 0 saturated carbocycles. The van der Waals surface area contributed by atoms with Crippen molar-refractivity contribution in [3.05, 3.63) is 95.1 Å². The molecule has 31 heavy (non-hydrogen) atoms. The fourth-order valence-electron chi connectivity index (χ4n) is 3.74. The molecule has 0 atom stereocenters. The van der Waals surface area contributed by atoms with Crippen LogP contribution in [-0.4, -0.2) is 15.5 Å². The van der Waals surface area contributed by atoms with Crippen molar-refractivity contribution in [2.75, 3.05) is 5.32 Å². The minimum absolute atomic E-state index is 0.307. The number of nitrogens with zero attached hydrogens (tertiary/aromatic N) is 2. The third-order valence-corrected chi connectivity index (χ3v) is 5.46. The third-order valence-electron chi connectivity index (χ3n) is 5.46. The smallest absolute Gasteiger partial charge is 0.255 e. The fraction of sp³-hybridized carbons (Fsp3) is 0.231. The van der Waals surface area contributed by atoms with E-state index in [0.29, 0.717) is 16.8 Å². The zero-order chi connectivity index (χ0) is 21.8. The molecule has 0 fully saturated rings. The number of halogens is 1. The lowest BCUT2D eigenvalue weighted by Crippen LogP contribution is -2.12. The number of anilines is 1. The number of carbonyl (C=O) groups excluding carboxylic acids is 1. The molecule has 0 spiro atoms. The summed E-state index contributed by atoms with van der Waals surface area (Å²) in [5.41, 5.74) is 4.92. The summed E-state index contributed by atoms with van der Waals surface area (Å²) in [5.74, 6) is 0.402. The van der Waals surface area contributed by atoms with Gasteiger partial charge in [0.15, 0.2) is 0 Å². The first-order valence-electron chi connectivity index (χ1n) is 10.7. The average Bonchev–Trinajstić information content (AvgIpc) is 3.13. The number of hydrogen-bond acceptors (Lipinski definition) is 2. The van der Waals surface area contributed by atoms with E-state index in [1.54, 1.807) is 19.1 Å². The van der Waals surface area contributed by atoms with Crippen molar-refractivity contribution in [1.82, 2.24) is 9.55 Å². The van der Waals surface area contributed by atoms with E-state index in [9.17, 15) is 9.18 Å². The highest BCUT2D eigenvalue weighted by Gasteiger charge is 2.11. The number of nitrogens with one attached hydrogen (secondary N) is 1. The number of carbonyl (C=O) groups is 1. The minimum Gasteiger partial charge on any atom is -0.328 e. The van der Waals surface area contributed by atoms with E-state index in [2.05, 4.69) is 35.0 Å². The van der Waals surface area contributed by atoms with Gasteiger partial charge in [0.2, 0.25) is 0 Å². The van der Waals surface area contributed by atoms with E-state index >= 15 is 0 Å². The van der Waals surface area contributed by atoms with Gasteiger partial charge in [0.05, 0.1) is 11.0 Å². The van der Waals surface area contributed by atoms with Gasteiger partial charge in [-0.1, -0.05) is 37.3 Å². The van der Waals surface area contributed by atoms with Gasteiger partial charge in [-0.3, -0.25) is 4.79 Å². The Morgan fingerprint density at radius 1 is 1.03 bits per heavy atom. The summed E-state index contributed by atoms with van der Waals surface area (Å²) >= 11 is 0. The molecule has 158 valence electrons. The van der Waals surface area contributed by atoms with Crippen molar-refractivity contribution in [2.24, 2.45) is 0 Å². The molecular weight excluding hydrogens is 389 g/mol. The lowest BCUT2D eigenvalue weighted by molar-refractivity contribution is 0.102. The number of rotatable bonds is 7. The topological polar surface area (TPSA) is 46.9 Å². The molecule has 0 unspecified atom stereocenters. The van der Waals surface area contributed by atoms with Crippen LogP contribution in [0.25, 0.3) is 11.0 Å². The number of benzene rings is 3. The van der Waals surface area contributed by atoms with E-state index in [-0.39, 0.29) is 11.7 Å². The van der Waals surface area contributed by atoms with Crippen molar-refractivity contribution in [2.45, 2.75) is 39.7 Å². The monoisotopic (exact) mass is 415 g/mol. The maximum absolute atomic E-state index is 13.7. The van der Waals surface area contributed by atoms with Gasteiger partial charge in [-0.15, -0.1) is 0 Å². The van der Waals surface area contributed by atoms with Gasteiger partial charge < -0.3 is 9.88 Å². The molecule has 1 aromatic heterocycles. The van der Waals surface area contributed by atoms with Crippen molar-refractivity contribution < 1.29 is 9.18 Å². The zero-order valence-electron chi connectivity index (χ0n) is 17.9. The normalized spacial score (nSPS) is 11.1. The highest BCUT2D eigenvalue weighted by atomic mass is 19.1. The zero-order valence-corrected chi connectivity index (χ0v) is 17.9. The average molecular weight is 416 g/mol. The molecule has 0 aliphatic carbocycles. The molecule has 1 N–H and O–H groups in total. The summed E-state index contributed by atoms with van der Waals surface area (Å²) in [4.78, 5) is 17.2. The molecular formula is C26H26FN3O. The van der Waals surface area contributed by atoms with E-state index in [0.717, 1.165) is 37.1 Å². The van der Waals surface area contributed by atoms with Crippen molar-refractivity contribution in [3.63, 3.8) is 0 Å². The second-order valence-electron chi connectivity index (χ2n) is 7.78. The summed E-state index contributed by atoms with van der Waals surface area (Å²) in [5, 5.41) is 2.83. The molecule has 0 aliphatic heterocycles. The second kappa shape index (κ2) is 9.13. The quantitative estimate of drug-likeness (QED) is 0.407. The number of hydrogen-bond donors (Lipinski definition) is 1. The van der Waals surface area contributed by atoms with Crippen molar-refractivity contribution in [1.29, 1.82) is 0 Å². The first kappa shape index (κ1) is 20.8. The summed E-state index contributed by atoms with van der Waals surface area (Å²) in [6.07, 6.45) is 2.78. The van der Waals surface area contributed by atoms with Crippen LogP contribution in [0.1, 0.15) is 40.7 Å². The Morgan fingerprint density at radius 2 is 1.81 bits per heavy atom. The van der Waals surface area contributed by atoms with Gasteiger partial charge in [0.1, 0.15) is 11.6 Å². The summed E-state index contributed by atoms with van der Waals surface area (Å²) in [6, 6.07) is 20.5. The van der Waals surface area contributed by atoms with Crippen molar-refractivity contribution in [3.8, 4) is 0 Å². The number of fused-ring (bicyclic) bond motifs is 1. The molecule has 4 nitrogen and oxygen atoms in total. The van der Waals surface area contributed by atoms with Crippen LogP contribution < -0.4 is 5.32 Å². The maximum atomic E-state index is 13.7. The van der Waals surface area contributed by atoms with E-state index in [4.69, 9.17) is 4.98 Å². The predicted molar refractivity (Wildman–Crippen MR) is 123 cm³/mol. The fourth-order valence-corrected chi connectivity index (χ4v) is 3.74. The molecule has 1 heterocycles. The Kier molecular flexibility index (Phi) is 6.12. The van der Waals surface area contributed by atoms with Gasteiger partial charge in [-0.2, -0.15) is 0 Å². The Bertz CT molecular complexity index is 1210.